The number of para-hydroxylation sites is 1. The average molecular weight is 223 g/mol. The van der Waals surface area contributed by atoms with Gasteiger partial charge in [0.05, 0.1) is 0 Å². The molecule has 0 aliphatic heterocycles. The molecule has 1 aliphatic carbocycles. The van der Waals surface area contributed by atoms with Crippen LogP contribution in [0.1, 0.15) is 24.0 Å². The molecule has 17 heavy (non-hydrogen) atoms. The number of hydrogen-bond acceptors (Lipinski definition) is 1. The van der Waals surface area contributed by atoms with E-state index < -0.39 is 0 Å². The zero-order valence-electron chi connectivity index (χ0n) is 9.95. The highest BCUT2D eigenvalue weighted by Gasteiger charge is 2.10. The first-order valence-electron chi connectivity index (χ1n) is 6.31. The van der Waals surface area contributed by atoms with Crippen molar-refractivity contribution in [2.75, 3.05) is 5.73 Å². The summed E-state index contributed by atoms with van der Waals surface area (Å²) < 4.78 is 0. The van der Waals surface area contributed by atoms with Gasteiger partial charge in [-0.15, -0.1) is 0 Å². The van der Waals surface area contributed by atoms with Crippen LogP contribution >= 0.6 is 0 Å². The Morgan fingerprint density at radius 2 is 1.59 bits per heavy atom. The maximum Gasteiger partial charge on any atom is 0.0393 e. The first kappa shape index (κ1) is 10.4. The van der Waals surface area contributed by atoms with Gasteiger partial charge in [0.15, 0.2) is 0 Å². The van der Waals surface area contributed by atoms with E-state index in [1.165, 1.54) is 42.4 Å². The van der Waals surface area contributed by atoms with Crippen molar-refractivity contribution in [2.24, 2.45) is 0 Å². The molecule has 86 valence electrons. The van der Waals surface area contributed by atoms with Crippen LogP contribution in [0.3, 0.4) is 0 Å². The fourth-order valence-corrected chi connectivity index (χ4v) is 2.66. The molecule has 0 unspecified atom stereocenters. The first-order chi connectivity index (χ1) is 8.34. The molecule has 0 atom stereocenters. The van der Waals surface area contributed by atoms with E-state index in [9.17, 15) is 0 Å². The molecule has 0 saturated heterocycles. The Morgan fingerprint density at radius 1 is 0.824 bits per heavy atom. The van der Waals surface area contributed by atoms with Crippen molar-refractivity contribution in [3.05, 3.63) is 53.6 Å². The Bertz CT molecular complexity index is 543. The van der Waals surface area contributed by atoms with Crippen LogP contribution in [0.5, 0.6) is 0 Å². The van der Waals surface area contributed by atoms with E-state index in [4.69, 9.17) is 5.73 Å². The summed E-state index contributed by atoms with van der Waals surface area (Å²) in [5, 5.41) is 0. The second kappa shape index (κ2) is 4.25. The minimum absolute atomic E-state index is 0.864. The van der Waals surface area contributed by atoms with E-state index in [0.717, 1.165) is 11.3 Å². The van der Waals surface area contributed by atoms with Crippen LogP contribution in [-0.2, 0) is 12.8 Å². The monoisotopic (exact) mass is 223 g/mol. The molecule has 3 rings (SSSR count). The molecule has 0 saturated carbocycles. The van der Waals surface area contributed by atoms with Crippen molar-refractivity contribution < 1.29 is 0 Å². The molecule has 1 nitrogen and oxygen atoms in total. The fraction of sp³-hybridized carbons (Fsp3) is 0.250. The molecular formula is C16H17N. The molecule has 2 N–H and O–H groups in total. The molecule has 0 radical (unpaired) electrons. The van der Waals surface area contributed by atoms with E-state index in [1.807, 2.05) is 18.2 Å². The maximum absolute atomic E-state index is 6.03. The highest BCUT2D eigenvalue weighted by atomic mass is 14.6. The Labute approximate surface area is 102 Å². The van der Waals surface area contributed by atoms with E-state index in [0.29, 0.717) is 0 Å². The van der Waals surface area contributed by atoms with Crippen LogP contribution in [0.2, 0.25) is 0 Å². The fourth-order valence-electron chi connectivity index (χ4n) is 2.66. The van der Waals surface area contributed by atoms with E-state index in [2.05, 4.69) is 24.3 Å². The average Bonchev–Trinajstić information content (AvgIpc) is 2.39. The Kier molecular flexibility index (Phi) is 2.60. The molecule has 0 amide bonds. The van der Waals surface area contributed by atoms with Crippen molar-refractivity contribution >= 4 is 5.69 Å². The van der Waals surface area contributed by atoms with Crippen LogP contribution in [0, 0.1) is 0 Å². The molecule has 1 aliphatic rings. The van der Waals surface area contributed by atoms with Gasteiger partial charge >= 0.3 is 0 Å². The second-order valence-corrected chi connectivity index (χ2v) is 4.78. The number of nitrogens with two attached hydrogens (primary N) is 1. The molecule has 0 fully saturated rings. The molecule has 0 heterocycles. The van der Waals surface area contributed by atoms with Crippen molar-refractivity contribution in [3.8, 4) is 11.1 Å². The summed E-state index contributed by atoms with van der Waals surface area (Å²) in [5.74, 6) is 0. The summed E-state index contributed by atoms with van der Waals surface area (Å²) in [5.41, 5.74) is 12.3. The lowest BCUT2D eigenvalue weighted by molar-refractivity contribution is 0.686. The third-order valence-corrected chi connectivity index (χ3v) is 3.62. The lowest BCUT2D eigenvalue weighted by Gasteiger charge is -2.17. The minimum Gasteiger partial charge on any atom is -0.398 e. The number of rotatable bonds is 1. The first-order valence-corrected chi connectivity index (χ1v) is 6.31. The van der Waals surface area contributed by atoms with Gasteiger partial charge in [-0.05, 0) is 48.4 Å². The van der Waals surface area contributed by atoms with Gasteiger partial charge in [-0.3, -0.25) is 0 Å². The Morgan fingerprint density at radius 3 is 2.41 bits per heavy atom. The number of anilines is 1. The largest absolute Gasteiger partial charge is 0.398 e. The minimum atomic E-state index is 0.864. The van der Waals surface area contributed by atoms with Gasteiger partial charge < -0.3 is 5.73 Å². The highest BCUT2D eigenvalue weighted by Crippen LogP contribution is 2.30. The van der Waals surface area contributed by atoms with Crippen molar-refractivity contribution in [1.82, 2.24) is 0 Å². The maximum atomic E-state index is 6.03. The van der Waals surface area contributed by atoms with E-state index in [-0.39, 0.29) is 0 Å². The van der Waals surface area contributed by atoms with Gasteiger partial charge in [0, 0.05) is 11.3 Å². The summed E-state index contributed by atoms with van der Waals surface area (Å²) in [7, 11) is 0. The van der Waals surface area contributed by atoms with Crippen molar-refractivity contribution in [2.45, 2.75) is 25.7 Å². The topological polar surface area (TPSA) is 26.0 Å². The molecule has 0 spiro atoms. The van der Waals surface area contributed by atoms with Crippen LogP contribution in [-0.4, -0.2) is 0 Å². The summed E-state index contributed by atoms with van der Waals surface area (Å²) >= 11 is 0. The van der Waals surface area contributed by atoms with Crippen LogP contribution in [0.4, 0.5) is 5.69 Å². The van der Waals surface area contributed by atoms with Gasteiger partial charge in [0.1, 0.15) is 0 Å². The van der Waals surface area contributed by atoms with Gasteiger partial charge in [-0.25, -0.2) is 0 Å². The number of aryl methyl sites for hydroxylation is 2. The van der Waals surface area contributed by atoms with Crippen LogP contribution in [0.25, 0.3) is 11.1 Å². The summed E-state index contributed by atoms with van der Waals surface area (Å²) in [6, 6.07) is 14.9. The summed E-state index contributed by atoms with van der Waals surface area (Å²) in [6.07, 6.45) is 5.11. The molecular weight excluding hydrogens is 206 g/mol. The Balaban J connectivity index is 2.07. The summed E-state index contributed by atoms with van der Waals surface area (Å²) in [6.45, 7) is 0. The van der Waals surface area contributed by atoms with Crippen LogP contribution in [0.15, 0.2) is 42.5 Å². The van der Waals surface area contributed by atoms with Gasteiger partial charge in [-0.1, -0.05) is 36.4 Å². The molecule has 0 aromatic heterocycles. The predicted molar refractivity (Wildman–Crippen MR) is 72.9 cm³/mol. The Hall–Kier alpha value is -1.76. The quantitative estimate of drug-likeness (QED) is 0.731. The predicted octanol–water partition coefficient (Wildman–Crippen LogP) is 3.81. The van der Waals surface area contributed by atoms with Gasteiger partial charge in [0.2, 0.25) is 0 Å². The molecule has 0 bridgehead atoms. The molecule has 1 heteroatoms. The standard InChI is InChI=1S/C16H17N/c17-16-8-4-3-7-15(16)14-10-9-12-5-1-2-6-13(12)11-14/h3-4,7-11H,1-2,5-6,17H2. The lowest BCUT2D eigenvalue weighted by Crippen LogP contribution is -2.02. The molecule has 2 aromatic rings. The third-order valence-electron chi connectivity index (χ3n) is 3.62. The second-order valence-electron chi connectivity index (χ2n) is 4.78. The van der Waals surface area contributed by atoms with Crippen molar-refractivity contribution in [1.29, 1.82) is 0 Å². The number of benzene rings is 2. The highest BCUT2D eigenvalue weighted by molar-refractivity contribution is 5.76. The summed E-state index contributed by atoms with van der Waals surface area (Å²) in [4.78, 5) is 0. The number of hydrogen-bond donors (Lipinski definition) is 1. The molecule has 2 aromatic carbocycles. The zero-order valence-corrected chi connectivity index (χ0v) is 9.95. The van der Waals surface area contributed by atoms with E-state index >= 15 is 0 Å². The normalized spacial score (nSPS) is 14.4. The van der Waals surface area contributed by atoms with Crippen molar-refractivity contribution in [3.63, 3.8) is 0 Å². The van der Waals surface area contributed by atoms with E-state index in [1.54, 1.807) is 0 Å². The smallest absolute Gasteiger partial charge is 0.0393 e. The number of fused-ring (bicyclic) bond motifs is 1. The zero-order chi connectivity index (χ0) is 11.7. The number of nitrogen functional groups attached to an aromatic ring is 1. The van der Waals surface area contributed by atoms with Crippen LogP contribution < -0.4 is 5.73 Å². The van der Waals surface area contributed by atoms with Gasteiger partial charge in [-0.2, -0.15) is 0 Å². The SMILES string of the molecule is Nc1ccccc1-c1ccc2c(c1)CCCC2. The van der Waals surface area contributed by atoms with Gasteiger partial charge in [0.25, 0.3) is 0 Å². The third kappa shape index (κ3) is 1.93. The lowest BCUT2D eigenvalue weighted by atomic mass is 9.89.